The fourth-order valence-electron chi connectivity index (χ4n) is 7.01. The third-order valence-corrected chi connectivity index (χ3v) is 10.9. The van der Waals surface area contributed by atoms with Crippen LogP contribution in [0, 0.1) is 17.8 Å². The predicted molar refractivity (Wildman–Crippen MR) is 158 cm³/mol. The van der Waals surface area contributed by atoms with Gasteiger partial charge in [0.05, 0.1) is 39.9 Å². The second-order valence-corrected chi connectivity index (χ2v) is 13.9. The Morgan fingerprint density at radius 1 is 1.21 bits per heavy atom. The standard InChI is InChI=1S/C30H40ClN3O4S/c1-7-15-32(6)26(36)23-24-27(37)34(20(18-35)17-19(3)4)25(30(24)14-13-29(23,5)39-30)28(38)33(16-8-2)22-12-10-9-11-21(22)31/h7-12,19-20,23-25,35H,1-2,13-18H2,3-6H3/t20-,23+,24+,25?,29-,30?/m1/s1. The van der Waals surface area contributed by atoms with Crippen molar-refractivity contribution in [2.75, 3.05) is 31.6 Å². The lowest BCUT2D eigenvalue weighted by atomic mass is 9.66. The van der Waals surface area contributed by atoms with Crippen LogP contribution in [0.25, 0.3) is 0 Å². The average Bonchev–Trinajstić information content (AvgIpc) is 3.46. The maximum atomic E-state index is 14.7. The van der Waals surface area contributed by atoms with Crippen molar-refractivity contribution in [3.63, 3.8) is 0 Å². The molecule has 3 aliphatic rings. The summed E-state index contributed by atoms with van der Waals surface area (Å²) in [6, 6.07) is 5.75. The van der Waals surface area contributed by atoms with Crippen LogP contribution in [0.2, 0.25) is 5.02 Å². The average molecular weight is 574 g/mol. The molecule has 1 aromatic carbocycles. The molecular formula is C30H40ClN3O4S. The summed E-state index contributed by atoms with van der Waals surface area (Å²) < 4.78 is -1.26. The number of carbonyl (C=O) groups excluding carboxylic acids is 3. The summed E-state index contributed by atoms with van der Waals surface area (Å²) in [5, 5.41) is 10.9. The van der Waals surface area contributed by atoms with Gasteiger partial charge in [0.1, 0.15) is 6.04 Å². The lowest BCUT2D eigenvalue weighted by Gasteiger charge is -2.40. The molecule has 1 aromatic rings. The van der Waals surface area contributed by atoms with E-state index in [1.54, 1.807) is 63.9 Å². The number of halogens is 1. The van der Waals surface area contributed by atoms with Crippen LogP contribution >= 0.6 is 23.4 Å². The minimum absolute atomic E-state index is 0.101. The van der Waals surface area contributed by atoms with Gasteiger partial charge in [-0.1, -0.05) is 49.7 Å². The number of anilines is 1. The number of fused-ring (bicyclic) bond motifs is 1. The third-order valence-electron chi connectivity index (χ3n) is 8.56. The summed E-state index contributed by atoms with van der Waals surface area (Å²) in [5.74, 6) is -1.61. The van der Waals surface area contributed by atoms with Crippen molar-refractivity contribution in [1.82, 2.24) is 9.80 Å². The van der Waals surface area contributed by atoms with Crippen LogP contribution in [-0.4, -0.2) is 80.9 Å². The third kappa shape index (κ3) is 4.82. The van der Waals surface area contributed by atoms with Gasteiger partial charge in [0.2, 0.25) is 11.8 Å². The van der Waals surface area contributed by atoms with E-state index in [1.807, 2.05) is 19.9 Å². The highest BCUT2D eigenvalue weighted by Gasteiger charge is 2.78. The van der Waals surface area contributed by atoms with Gasteiger partial charge in [-0.15, -0.1) is 24.9 Å². The summed E-state index contributed by atoms with van der Waals surface area (Å²) in [6.07, 6.45) is 5.22. The maximum absolute atomic E-state index is 14.7. The SMILES string of the molecule is C=CCN(C)C(=O)[C@@H]1[C@H]2C(=O)N([C@@H](CO)CC(C)C)C(C(=O)N(CC=C)c3ccccc3Cl)C23CC[C@@]1(C)S3. The van der Waals surface area contributed by atoms with E-state index in [-0.39, 0.29) is 36.8 Å². The molecule has 7 nitrogen and oxygen atoms in total. The molecular weight excluding hydrogens is 534 g/mol. The molecule has 0 saturated carbocycles. The second kappa shape index (κ2) is 11.3. The van der Waals surface area contributed by atoms with Crippen molar-refractivity contribution in [3.8, 4) is 0 Å². The molecule has 2 unspecified atom stereocenters. The number of aliphatic hydroxyl groups excluding tert-OH is 1. The Labute approximate surface area is 241 Å². The van der Waals surface area contributed by atoms with E-state index < -0.39 is 33.4 Å². The molecule has 3 amide bonds. The zero-order valence-electron chi connectivity index (χ0n) is 23.3. The molecule has 1 spiro atoms. The number of likely N-dealkylation sites (tertiary alicyclic amines) is 1. The van der Waals surface area contributed by atoms with Gasteiger partial charge in [0.25, 0.3) is 5.91 Å². The van der Waals surface area contributed by atoms with Gasteiger partial charge in [-0.05, 0) is 44.2 Å². The van der Waals surface area contributed by atoms with E-state index in [2.05, 4.69) is 20.1 Å². The number of hydrogen-bond acceptors (Lipinski definition) is 5. The molecule has 3 heterocycles. The minimum Gasteiger partial charge on any atom is -0.394 e. The topological polar surface area (TPSA) is 81.2 Å². The number of hydrogen-bond donors (Lipinski definition) is 1. The number of thioether (sulfide) groups is 1. The zero-order chi connectivity index (χ0) is 28.7. The van der Waals surface area contributed by atoms with Gasteiger partial charge in [-0.25, -0.2) is 0 Å². The quantitative estimate of drug-likeness (QED) is 0.397. The van der Waals surface area contributed by atoms with Crippen molar-refractivity contribution in [3.05, 3.63) is 54.6 Å². The van der Waals surface area contributed by atoms with Gasteiger partial charge < -0.3 is 19.8 Å². The van der Waals surface area contributed by atoms with Crippen molar-refractivity contribution in [2.24, 2.45) is 17.8 Å². The number of carbonyl (C=O) groups is 3. The van der Waals surface area contributed by atoms with Crippen molar-refractivity contribution >= 4 is 46.8 Å². The Morgan fingerprint density at radius 3 is 2.46 bits per heavy atom. The fourth-order valence-corrected chi connectivity index (χ4v) is 9.58. The van der Waals surface area contributed by atoms with E-state index in [0.717, 1.165) is 6.42 Å². The van der Waals surface area contributed by atoms with Crippen LogP contribution in [0.1, 0.15) is 40.0 Å². The van der Waals surface area contributed by atoms with Crippen LogP contribution in [0.5, 0.6) is 0 Å². The largest absolute Gasteiger partial charge is 0.394 e. The Balaban J connectivity index is 1.87. The summed E-state index contributed by atoms with van der Waals surface area (Å²) in [7, 11) is 1.73. The smallest absolute Gasteiger partial charge is 0.251 e. The number of rotatable bonds is 11. The monoisotopic (exact) mass is 573 g/mol. The molecule has 0 aliphatic carbocycles. The van der Waals surface area contributed by atoms with Gasteiger partial charge in [-0.2, -0.15) is 0 Å². The zero-order valence-corrected chi connectivity index (χ0v) is 24.9. The summed E-state index contributed by atoms with van der Waals surface area (Å²) in [4.78, 5) is 47.9. The second-order valence-electron chi connectivity index (χ2n) is 11.6. The van der Waals surface area contributed by atoms with Crippen LogP contribution in [0.3, 0.4) is 0 Å². The van der Waals surface area contributed by atoms with E-state index in [0.29, 0.717) is 30.1 Å². The first-order chi connectivity index (χ1) is 18.5. The minimum atomic E-state index is -0.851. The Bertz CT molecular complexity index is 1160. The van der Waals surface area contributed by atoms with Gasteiger partial charge >= 0.3 is 0 Å². The molecule has 3 saturated heterocycles. The summed E-state index contributed by atoms with van der Waals surface area (Å²) in [5.41, 5.74) is 0.544. The first kappa shape index (κ1) is 29.7. The molecule has 9 heteroatoms. The number of aliphatic hydroxyl groups is 1. The van der Waals surface area contributed by atoms with Crippen LogP contribution < -0.4 is 4.90 Å². The molecule has 3 fully saturated rings. The molecule has 39 heavy (non-hydrogen) atoms. The normalized spacial score (nSPS) is 29.9. The number of nitrogens with zero attached hydrogens (tertiary/aromatic N) is 3. The van der Waals surface area contributed by atoms with E-state index in [1.165, 1.54) is 0 Å². The molecule has 0 radical (unpaired) electrons. The molecule has 0 aromatic heterocycles. The number of benzene rings is 1. The van der Waals surface area contributed by atoms with E-state index in [9.17, 15) is 19.5 Å². The van der Waals surface area contributed by atoms with Crippen molar-refractivity contribution < 1.29 is 19.5 Å². The van der Waals surface area contributed by atoms with Crippen LogP contribution in [-0.2, 0) is 14.4 Å². The molecule has 1 N–H and O–H groups in total. The fraction of sp³-hybridized carbons (Fsp3) is 0.567. The highest BCUT2D eigenvalue weighted by molar-refractivity contribution is 8.02. The molecule has 3 aliphatic heterocycles. The number of likely N-dealkylation sites (N-methyl/N-ethyl adjacent to an activating group) is 1. The molecule has 212 valence electrons. The van der Waals surface area contributed by atoms with Gasteiger partial charge in [-0.3, -0.25) is 14.4 Å². The Kier molecular flexibility index (Phi) is 8.60. The predicted octanol–water partition coefficient (Wildman–Crippen LogP) is 4.39. The highest BCUT2D eigenvalue weighted by atomic mass is 35.5. The highest BCUT2D eigenvalue weighted by Crippen LogP contribution is 2.72. The lowest BCUT2D eigenvalue weighted by Crippen LogP contribution is -2.58. The summed E-state index contributed by atoms with van der Waals surface area (Å²) >= 11 is 8.18. The van der Waals surface area contributed by atoms with Crippen LogP contribution in [0.15, 0.2) is 49.6 Å². The van der Waals surface area contributed by atoms with E-state index >= 15 is 0 Å². The number of para-hydroxylation sites is 1. The summed E-state index contributed by atoms with van der Waals surface area (Å²) in [6.45, 7) is 14.1. The Hall–Kier alpha value is -2.29. The first-order valence-electron chi connectivity index (χ1n) is 13.6. The first-order valence-corrected chi connectivity index (χ1v) is 14.8. The molecule has 4 rings (SSSR count). The van der Waals surface area contributed by atoms with E-state index in [4.69, 9.17) is 11.6 Å². The van der Waals surface area contributed by atoms with Crippen LogP contribution in [0.4, 0.5) is 5.69 Å². The van der Waals surface area contributed by atoms with Gasteiger partial charge in [0.15, 0.2) is 0 Å². The molecule has 6 atom stereocenters. The van der Waals surface area contributed by atoms with Crippen molar-refractivity contribution in [2.45, 2.75) is 61.6 Å². The lowest BCUT2D eigenvalue weighted by molar-refractivity contribution is -0.146. The maximum Gasteiger partial charge on any atom is 0.251 e. The number of amides is 3. The molecule has 2 bridgehead atoms. The Morgan fingerprint density at radius 2 is 1.87 bits per heavy atom. The van der Waals surface area contributed by atoms with Crippen molar-refractivity contribution in [1.29, 1.82) is 0 Å². The van der Waals surface area contributed by atoms with Gasteiger partial charge in [0, 0.05) is 24.9 Å².